The third-order valence-electron chi connectivity index (χ3n) is 6.60. The Bertz CT molecular complexity index is 1740. The highest BCUT2D eigenvalue weighted by molar-refractivity contribution is 5.96. The molecule has 0 fully saturated rings. The number of pyridine rings is 2. The summed E-state index contributed by atoms with van der Waals surface area (Å²) >= 11 is 0. The molecule has 37 heavy (non-hydrogen) atoms. The van der Waals surface area contributed by atoms with Crippen LogP contribution in [0.3, 0.4) is 0 Å². The number of fused-ring (bicyclic) bond motifs is 2. The lowest BCUT2D eigenvalue weighted by Gasteiger charge is -2.18. The average molecular weight is 485 g/mol. The molecule has 180 valence electrons. The molecule has 0 unspecified atom stereocenters. The fraction of sp³-hybridized carbons (Fsp3) is 0.100. The van der Waals surface area contributed by atoms with Crippen LogP contribution in [-0.4, -0.2) is 30.9 Å². The normalized spacial score (nSPS) is 12.0. The first-order valence-electron chi connectivity index (χ1n) is 12.1. The number of rotatable bonds is 6. The fourth-order valence-electron chi connectivity index (χ4n) is 4.68. The summed E-state index contributed by atoms with van der Waals surface area (Å²) in [6.45, 7) is 2.43. The number of amides is 1. The topological polar surface area (TPSA) is 85.6 Å². The molecule has 7 nitrogen and oxygen atoms in total. The van der Waals surface area contributed by atoms with Gasteiger partial charge in [0.2, 0.25) is 0 Å². The van der Waals surface area contributed by atoms with Gasteiger partial charge in [-0.1, -0.05) is 53.7 Å². The van der Waals surface area contributed by atoms with Crippen LogP contribution < -0.4 is 5.32 Å². The van der Waals surface area contributed by atoms with Crippen LogP contribution in [0, 0.1) is 0 Å². The standard InChI is InChI=1S/C30H24N6O/c1-20(26-8-4-6-24-17-32-14-12-27(24)26)33-30(37)28-7-3-2-5-25(28)18-36-19-29(34-35-36)22-9-10-23-16-31-13-11-21(23)15-22/h2-17,19-20H,18H2,1H3,(H,33,37)/t20-/m1/s1. The van der Waals surface area contributed by atoms with E-state index in [2.05, 4.69) is 31.7 Å². The van der Waals surface area contributed by atoms with Crippen LogP contribution in [0.25, 0.3) is 32.8 Å². The highest BCUT2D eigenvalue weighted by Crippen LogP contribution is 2.25. The van der Waals surface area contributed by atoms with Crippen molar-refractivity contribution in [3.05, 3.63) is 120 Å². The first-order chi connectivity index (χ1) is 18.2. The van der Waals surface area contributed by atoms with Crippen molar-refractivity contribution in [2.24, 2.45) is 0 Å². The number of nitrogens with one attached hydrogen (secondary N) is 1. The number of hydrogen-bond donors (Lipinski definition) is 1. The number of benzene rings is 3. The molecule has 0 aliphatic rings. The summed E-state index contributed by atoms with van der Waals surface area (Å²) in [7, 11) is 0. The monoisotopic (exact) mass is 484 g/mol. The lowest BCUT2D eigenvalue weighted by atomic mass is 10.00. The summed E-state index contributed by atoms with van der Waals surface area (Å²) in [5.74, 6) is -0.127. The van der Waals surface area contributed by atoms with Crippen LogP contribution in [0.4, 0.5) is 0 Å². The Morgan fingerprint density at radius 2 is 1.73 bits per heavy atom. The van der Waals surface area contributed by atoms with Crippen LogP contribution in [-0.2, 0) is 6.54 Å². The van der Waals surface area contributed by atoms with E-state index in [0.29, 0.717) is 12.1 Å². The van der Waals surface area contributed by atoms with Gasteiger partial charge < -0.3 is 5.32 Å². The Morgan fingerprint density at radius 3 is 2.65 bits per heavy atom. The van der Waals surface area contributed by atoms with Gasteiger partial charge in [0.1, 0.15) is 5.69 Å². The number of hydrogen-bond acceptors (Lipinski definition) is 5. The van der Waals surface area contributed by atoms with E-state index in [1.165, 1.54) is 0 Å². The third kappa shape index (κ3) is 4.54. The Labute approximate surface area is 213 Å². The van der Waals surface area contributed by atoms with Gasteiger partial charge >= 0.3 is 0 Å². The summed E-state index contributed by atoms with van der Waals surface area (Å²) < 4.78 is 1.76. The van der Waals surface area contributed by atoms with Crippen LogP contribution in [0.5, 0.6) is 0 Å². The third-order valence-corrected chi connectivity index (χ3v) is 6.60. The molecule has 0 spiro atoms. The van der Waals surface area contributed by atoms with Crippen LogP contribution in [0.1, 0.15) is 34.5 Å². The number of carbonyl (C=O) groups is 1. The lowest BCUT2D eigenvalue weighted by Crippen LogP contribution is -2.28. The van der Waals surface area contributed by atoms with E-state index in [-0.39, 0.29) is 11.9 Å². The molecule has 0 aliphatic heterocycles. The van der Waals surface area contributed by atoms with E-state index in [4.69, 9.17) is 0 Å². The lowest BCUT2D eigenvalue weighted by molar-refractivity contribution is 0.0939. The highest BCUT2D eigenvalue weighted by atomic mass is 16.1. The minimum Gasteiger partial charge on any atom is -0.345 e. The van der Waals surface area contributed by atoms with Crippen LogP contribution >= 0.6 is 0 Å². The summed E-state index contributed by atoms with van der Waals surface area (Å²) in [5, 5.41) is 16.2. The zero-order chi connectivity index (χ0) is 25.2. The molecule has 0 radical (unpaired) electrons. The second kappa shape index (κ2) is 9.62. The van der Waals surface area contributed by atoms with Gasteiger partial charge in [0.15, 0.2) is 0 Å². The van der Waals surface area contributed by atoms with Gasteiger partial charge in [-0.05, 0) is 53.1 Å². The maximum Gasteiger partial charge on any atom is 0.252 e. The molecular formula is C30H24N6O. The SMILES string of the molecule is C[C@@H](NC(=O)c1ccccc1Cn1cc(-c2ccc3cnccc3c2)nn1)c1cccc2cnccc12. The molecule has 3 aromatic carbocycles. The molecule has 7 heteroatoms. The largest absolute Gasteiger partial charge is 0.345 e. The number of aromatic nitrogens is 5. The van der Waals surface area contributed by atoms with Gasteiger partial charge in [-0.3, -0.25) is 14.8 Å². The zero-order valence-corrected chi connectivity index (χ0v) is 20.2. The van der Waals surface area contributed by atoms with Crippen LogP contribution in [0.15, 0.2) is 104 Å². The van der Waals surface area contributed by atoms with Crippen molar-refractivity contribution in [3.8, 4) is 11.3 Å². The minimum atomic E-state index is -0.173. The molecule has 0 bridgehead atoms. The van der Waals surface area contributed by atoms with Crippen LogP contribution in [0.2, 0.25) is 0 Å². The molecule has 0 aliphatic carbocycles. The van der Waals surface area contributed by atoms with Crippen molar-refractivity contribution in [1.29, 1.82) is 0 Å². The molecule has 3 heterocycles. The molecule has 1 amide bonds. The number of nitrogens with zero attached hydrogens (tertiary/aromatic N) is 5. The average Bonchev–Trinajstić information content (AvgIpc) is 3.41. The maximum atomic E-state index is 13.4. The van der Waals surface area contributed by atoms with Gasteiger partial charge in [-0.2, -0.15) is 0 Å². The van der Waals surface area contributed by atoms with Gasteiger partial charge in [-0.15, -0.1) is 5.10 Å². The van der Waals surface area contributed by atoms with Gasteiger partial charge in [0, 0.05) is 46.7 Å². The van der Waals surface area contributed by atoms with Crippen molar-refractivity contribution in [3.63, 3.8) is 0 Å². The molecule has 6 rings (SSSR count). The zero-order valence-electron chi connectivity index (χ0n) is 20.2. The molecule has 3 aromatic heterocycles. The molecule has 1 N–H and O–H groups in total. The summed E-state index contributed by atoms with van der Waals surface area (Å²) in [5.41, 5.74) is 4.30. The minimum absolute atomic E-state index is 0.127. The summed E-state index contributed by atoms with van der Waals surface area (Å²) in [4.78, 5) is 21.7. The fourth-order valence-corrected chi connectivity index (χ4v) is 4.68. The molecule has 0 saturated heterocycles. The second-order valence-corrected chi connectivity index (χ2v) is 9.04. The Morgan fingerprint density at radius 1 is 0.892 bits per heavy atom. The van der Waals surface area contributed by atoms with Gasteiger partial charge in [0.05, 0.1) is 18.8 Å². The van der Waals surface area contributed by atoms with E-state index in [1.807, 2.05) is 92.2 Å². The smallest absolute Gasteiger partial charge is 0.252 e. The van der Waals surface area contributed by atoms with Crippen molar-refractivity contribution in [1.82, 2.24) is 30.3 Å². The van der Waals surface area contributed by atoms with Gasteiger partial charge in [-0.25, -0.2) is 4.68 Å². The van der Waals surface area contributed by atoms with E-state index in [1.54, 1.807) is 17.1 Å². The molecule has 6 aromatic rings. The van der Waals surface area contributed by atoms with Crippen molar-refractivity contribution < 1.29 is 4.79 Å². The van der Waals surface area contributed by atoms with E-state index in [9.17, 15) is 4.79 Å². The first-order valence-corrected chi connectivity index (χ1v) is 12.1. The maximum absolute atomic E-state index is 13.4. The van der Waals surface area contributed by atoms with Crippen molar-refractivity contribution in [2.45, 2.75) is 19.5 Å². The Hall–Kier alpha value is -4.91. The van der Waals surface area contributed by atoms with Crippen molar-refractivity contribution >= 4 is 27.5 Å². The molecule has 1 atom stereocenters. The van der Waals surface area contributed by atoms with Gasteiger partial charge in [0.25, 0.3) is 5.91 Å². The molecular weight excluding hydrogens is 460 g/mol. The Balaban J connectivity index is 1.22. The summed E-state index contributed by atoms with van der Waals surface area (Å²) in [6, 6.07) is 23.6. The summed E-state index contributed by atoms with van der Waals surface area (Å²) in [6.07, 6.45) is 9.14. The van der Waals surface area contributed by atoms with E-state index < -0.39 is 0 Å². The Kier molecular flexibility index (Phi) is 5.86. The number of carbonyl (C=O) groups excluding carboxylic acids is 1. The van der Waals surface area contributed by atoms with E-state index >= 15 is 0 Å². The first kappa shape index (κ1) is 22.5. The van der Waals surface area contributed by atoms with E-state index in [0.717, 1.165) is 43.9 Å². The molecule has 0 saturated carbocycles. The predicted molar refractivity (Wildman–Crippen MR) is 144 cm³/mol. The van der Waals surface area contributed by atoms with Crippen molar-refractivity contribution in [2.75, 3.05) is 0 Å². The predicted octanol–water partition coefficient (Wildman–Crippen LogP) is 5.58. The quantitative estimate of drug-likeness (QED) is 0.334. The highest BCUT2D eigenvalue weighted by Gasteiger charge is 2.17. The second-order valence-electron chi connectivity index (χ2n) is 9.04.